The second kappa shape index (κ2) is 5.28. The van der Waals surface area contributed by atoms with E-state index in [1.54, 1.807) is 12.1 Å². The standard InChI is InChI=1S/C13H15Cl2NO/c1-9-8-10(2-3-12(9)15)13(17)16-6-4-11(14)5-7-16/h2-3,8,11H,4-7H2,1H3. The summed E-state index contributed by atoms with van der Waals surface area (Å²) in [6.07, 6.45) is 1.75. The fourth-order valence-electron chi connectivity index (χ4n) is 2.01. The first-order valence-corrected chi connectivity index (χ1v) is 6.59. The summed E-state index contributed by atoms with van der Waals surface area (Å²) in [5.41, 5.74) is 1.64. The van der Waals surface area contributed by atoms with Crippen LogP contribution in [0.1, 0.15) is 28.8 Å². The minimum absolute atomic E-state index is 0.0772. The van der Waals surface area contributed by atoms with Crippen LogP contribution in [0.15, 0.2) is 18.2 Å². The first kappa shape index (κ1) is 12.7. The lowest BCUT2D eigenvalue weighted by Gasteiger charge is -2.29. The SMILES string of the molecule is Cc1cc(C(=O)N2CCC(Cl)CC2)ccc1Cl. The molecule has 1 aromatic carbocycles. The molecule has 0 aliphatic carbocycles. The number of carbonyl (C=O) groups excluding carboxylic acids is 1. The normalized spacial score (nSPS) is 17.2. The summed E-state index contributed by atoms with van der Waals surface area (Å²) in [5.74, 6) is 0.0772. The van der Waals surface area contributed by atoms with E-state index in [1.807, 2.05) is 17.9 Å². The average molecular weight is 272 g/mol. The van der Waals surface area contributed by atoms with Gasteiger partial charge in [-0.05, 0) is 43.5 Å². The Kier molecular flexibility index (Phi) is 3.95. The number of benzene rings is 1. The third kappa shape index (κ3) is 2.93. The summed E-state index contributed by atoms with van der Waals surface area (Å²) in [7, 11) is 0. The molecule has 0 atom stereocenters. The molecule has 1 saturated heterocycles. The zero-order valence-corrected chi connectivity index (χ0v) is 11.3. The quantitative estimate of drug-likeness (QED) is 0.716. The number of likely N-dealkylation sites (tertiary alicyclic amines) is 1. The molecular weight excluding hydrogens is 257 g/mol. The van der Waals surface area contributed by atoms with Crippen LogP contribution in [0.2, 0.25) is 5.02 Å². The van der Waals surface area contributed by atoms with Gasteiger partial charge >= 0.3 is 0 Å². The van der Waals surface area contributed by atoms with Crippen LogP contribution in [-0.2, 0) is 0 Å². The van der Waals surface area contributed by atoms with E-state index >= 15 is 0 Å². The minimum Gasteiger partial charge on any atom is -0.339 e. The molecule has 1 amide bonds. The maximum absolute atomic E-state index is 12.2. The first-order chi connectivity index (χ1) is 8.08. The molecule has 17 heavy (non-hydrogen) atoms. The van der Waals surface area contributed by atoms with Crippen LogP contribution < -0.4 is 0 Å². The van der Waals surface area contributed by atoms with Gasteiger partial charge in [0.1, 0.15) is 0 Å². The lowest BCUT2D eigenvalue weighted by Crippen LogP contribution is -2.38. The topological polar surface area (TPSA) is 20.3 Å². The second-order valence-electron chi connectivity index (χ2n) is 4.43. The van der Waals surface area contributed by atoms with Crippen LogP contribution in [0, 0.1) is 6.92 Å². The Labute approximate surface area is 112 Å². The second-order valence-corrected chi connectivity index (χ2v) is 5.46. The van der Waals surface area contributed by atoms with E-state index in [1.165, 1.54) is 0 Å². The molecule has 1 aromatic rings. The molecule has 0 radical (unpaired) electrons. The van der Waals surface area contributed by atoms with Crippen molar-refractivity contribution in [3.63, 3.8) is 0 Å². The van der Waals surface area contributed by atoms with E-state index in [4.69, 9.17) is 23.2 Å². The molecule has 0 unspecified atom stereocenters. The van der Waals surface area contributed by atoms with E-state index in [2.05, 4.69) is 0 Å². The van der Waals surface area contributed by atoms with Crippen LogP contribution in [0.4, 0.5) is 0 Å². The first-order valence-electron chi connectivity index (χ1n) is 5.77. The highest BCUT2D eigenvalue weighted by Gasteiger charge is 2.22. The number of nitrogens with zero attached hydrogens (tertiary/aromatic N) is 1. The number of aryl methyl sites for hydroxylation is 1. The Hall–Kier alpha value is -0.730. The monoisotopic (exact) mass is 271 g/mol. The number of hydrogen-bond acceptors (Lipinski definition) is 1. The molecule has 1 fully saturated rings. The van der Waals surface area contributed by atoms with Gasteiger partial charge < -0.3 is 4.90 Å². The number of amides is 1. The van der Waals surface area contributed by atoms with Crippen molar-refractivity contribution >= 4 is 29.1 Å². The Morgan fingerprint density at radius 1 is 1.35 bits per heavy atom. The number of alkyl halides is 1. The van der Waals surface area contributed by atoms with Crippen LogP contribution in [0.3, 0.4) is 0 Å². The zero-order chi connectivity index (χ0) is 12.4. The van der Waals surface area contributed by atoms with Crippen molar-refractivity contribution in [3.05, 3.63) is 34.3 Å². The Morgan fingerprint density at radius 2 is 2.00 bits per heavy atom. The molecule has 1 heterocycles. The fourth-order valence-corrected chi connectivity index (χ4v) is 2.32. The van der Waals surface area contributed by atoms with E-state index in [0.29, 0.717) is 10.6 Å². The predicted molar refractivity (Wildman–Crippen MR) is 71.0 cm³/mol. The van der Waals surface area contributed by atoms with Crippen molar-refractivity contribution in [1.29, 1.82) is 0 Å². The largest absolute Gasteiger partial charge is 0.339 e. The van der Waals surface area contributed by atoms with Gasteiger partial charge in [-0.2, -0.15) is 0 Å². The van der Waals surface area contributed by atoms with Crippen molar-refractivity contribution in [3.8, 4) is 0 Å². The van der Waals surface area contributed by atoms with Crippen LogP contribution in [0.25, 0.3) is 0 Å². The van der Waals surface area contributed by atoms with Crippen LogP contribution >= 0.6 is 23.2 Å². The van der Waals surface area contributed by atoms with Crippen molar-refractivity contribution in [2.24, 2.45) is 0 Å². The van der Waals surface area contributed by atoms with E-state index in [0.717, 1.165) is 31.5 Å². The molecule has 1 aliphatic heterocycles. The summed E-state index contributed by atoms with van der Waals surface area (Å²) in [4.78, 5) is 14.1. The van der Waals surface area contributed by atoms with Gasteiger partial charge in [0.15, 0.2) is 0 Å². The molecule has 4 heteroatoms. The summed E-state index contributed by atoms with van der Waals surface area (Å²) in [6, 6.07) is 5.40. The number of hydrogen-bond donors (Lipinski definition) is 0. The highest BCUT2D eigenvalue weighted by atomic mass is 35.5. The molecule has 2 nitrogen and oxygen atoms in total. The van der Waals surface area contributed by atoms with Gasteiger partial charge in [0.25, 0.3) is 5.91 Å². The Bertz CT molecular complexity index is 425. The number of halogens is 2. The molecule has 0 aromatic heterocycles. The van der Waals surface area contributed by atoms with E-state index < -0.39 is 0 Å². The van der Waals surface area contributed by atoms with Gasteiger partial charge in [-0.3, -0.25) is 4.79 Å². The highest BCUT2D eigenvalue weighted by Crippen LogP contribution is 2.20. The minimum atomic E-state index is 0.0772. The molecule has 0 N–H and O–H groups in total. The van der Waals surface area contributed by atoms with E-state index in [9.17, 15) is 4.79 Å². The van der Waals surface area contributed by atoms with Gasteiger partial charge in [-0.1, -0.05) is 11.6 Å². The summed E-state index contributed by atoms with van der Waals surface area (Å²) < 4.78 is 0. The lowest BCUT2D eigenvalue weighted by molar-refractivity contribution is 0.0726. The molecule has 2 rings (SSSR count). The number of rotatable bonds is 1. The molecular formula is C13H15Cl2NO. The Morgan fingerprint density at radius 3 is 2.59 bits per heavy atom. The summed E-state index contributed by atoms with van der Waals surface area (Å²) >= 11 is 12.0. The van der Waals surface area contributed by atoms with Gasteiger partial charge in [0, 0.05) is 29.1 Å². The van der Waals surface area contributed by atoms with E-state index in [-0.39, 0.29) is 11.3 Å². The molecule has 0 bridgehead atoms. The molecule has 0 saturated carbocycles. The highest BCUT2D eigenvalue weighted by molar-refractivity contribution is 6.31. The zero-order valence-electron chi connectivity index (χ0n) is 9.75. The van der Waals surface area contributed by atoms with Gasteiger partial charge in [0.05, 0.1) is 0 Å². The summed E-state index contributed by atoms with van der Waals surface area (Å²) in [6.45, 7) is 3.40. The third-order valence-electron chi connectivity index (χ3n) is 3.12. The smallest absolute Gasteiger partial charge is 0.253 e. The molecule has 0 spiro atoms. The molecule has 1 aliphatic rings. The maximum atomic E-state index is 12.2. The van der Waals surface area contributed by atoms with Crippen LogP contribution in [-0.4, -0.2) is 29.3 Å². The third-order valence-corrected chi connectivity index (χ3v) is 3.98. The number of carbonyl (C=O) groups is 1. The van der Waals surface area contributed by atoms with Crippen molar-refractivity contribution in [2.45, 2.75) is 25.1 Å². The van der Waals surface area contributed by atoms with Crippen molar-refractivity contribution in [1.82, 2.24) is 4.90 Å². The van der Waals surface area contributed by atoms with Crippen molar-refractivity contribution < 1.29 is 4.79 Å². The Balaban J connectivity index is 2.11. The predicted octanol–water partition coefficient (Wildman–Crippen LogP) is 3.49. The number of piperidine rings is 1. The van der Waals surface area contributed by atoms with Gasteiger partial charge in [-0.15, -0.1) is 11.6 Å². The van der Waals surface area contributed by atoms with Gasteiger partial charge in [0.2, 0.25) is 0 Å². The maximum Gasteiger partial charge on any atom is 0.253 e. The average Bonchev–Trinajstić information content (AvgIpc) is 2.33. The van der Waals surface area contributed by atoms with Gasteiger partial charge in [-0.25, -0.2) is 0 Å². The fraction of sp³-hybridized carbons (Fsp3) is 0.462. The lowest BCUT2D eigenvalue weighted by atomic mass is 10.1. The summed E-state index contributed by atoms with van der Waals surface area (Å²) in [5, 5.41) is 0.909. The van der Waals surface area contributed by atoms with Crippen LogP contribution in [0.5, 0.6) is 0 Å². The molecule has 92 valence electrons. The van der Waals surface area contributed by atoms with Crippen molar-refractivity contribution in [2.75, 3.05) is 13.1 Å².